The Morgan fingerprint density at radius 1 is 1.44 bits per heavy atom. The third-order valence-corrected chi connectivity index (χ3v) is 3.33. The molecule has 0 fully saturated rings. The van der Waals surface area contributed by atoms with Crippen molar-refractivity contribution in [2.75, 3.05) is 19.8 Å². The summed E-state index contributed by atoms with van der Waals surface area (Å²) in [7, 11) is 0. The van der Waals surface area contributed by atoms with Crippen LogP contribution in [0.25, 0.3) is 0 Å². The molecule has 2 rings (SSSR count). The highest BCUT2D eigenvalue weighted by Gasteiger charge is 2.19. The molecule has 16 heavy (non-hydrogen) atoms. The third-order valence-electron chi connectivity index (χ3n) is 2.62. The molecule has 5 heteroatoms. The summed E-state index contributed by atoms with van der Waals surface area (Å²) >= 11 is 3.52. The second-order valence-electron chi connectivity index (χ2n) is 3.61. The second kappa shape index (κ2) is 5.03. The molecule has 1 aromatic rings. The Morgan fingerprint density at radius 2 is 2.19 bits per heavy atom. The lowest BCUT2D eigenvalue weighted by Gasteiger charge is -2.22. The van der Waals surface area contributed by atoms with Gasteiger partial charge in [0.05, 0.1) is 6.61 Å². The lowest BCUT2D eigenvalue weighted by atomic mass is 10.0. The summed E-state index contributed by atoms with van der Waals surface area (Å²) in [6.45, 7) is 3.70. The van der Waals surface area contributed by atoms with Gasteiger partial charge in [0.1, 0.15) is 13.2 Å². The first-order chi connectivity index (χ1) is 7.74. The second-order valence-corrected chi connectivity index (χ2v) is 4.46. The van der Waals surface area contributed by atoms with Crippen molar-refractivity contribution in [3.05, 3.63) is 21.7 Å². The van der Waals surface area contributed by atoms with Crippen LogP contribution in [0.2, 0.25) is 0 Å². The SMILES string of the molecule is Cc1c(CCON)c(Br)cc2c1OCCO2. The maximum absolute atomic E-state index is 5.61. The molecule has 0 atom stereocenters. The smallest absolute Gasteiger partial charge is 0.164 e. The largest absolute Gasteiger partial charge is 0.486 e. The van der Waals surface area contributed by atoms with Crippen LogP contribution in [-0.2, 0) is 11.3 Å². The zero-order valence-corrected chi connectivity index (χ0v) is 10.7. The third kappa shape index (κ3) is 2.16. The molecule has 0 spiro atoms. The van der Waals surface area contributed by atoms with Gasteiger partial charge in [0, 0.05) is 4.47 Å². The van der Waals surface area contributed by atoms with Crippen LogP contribution in [0, 0.1) is 6.92 Å². The van der Waals surface area contributed by atoms with Gasteiger partial charge < -0.3 is 14.3 Å². The van der Waals surface area contributed by atoms with Crippen molar-refractivity contribution >= 4 is 15.9 Å². The zero-order chi connectivity index (χ0) is 11.5. The van der Waals surface area contributed by atoms with Gasteiger partial charge in [-0.3, -0.25) is 0 Å². The Bertz CT molecular complexity index is 395. The molecule has 1 aliphatic heterocycles. The summed E-state index contributed by atoms with van der Waals surface area (Å²) in [6.07, 6.45) is 0.750. The van der Waals surface area contributed by atoms with Gasteiger partial charge in [-0.15, -0.1) is 0 Å². The number of ether oxygens (including phenoxy) is 2. The van der Waals surface area contributed by atoms with E-state index in [1.807, 2.05) is 13.0 Å². The topological polar surface area (TPSA) is 53.7 Å². The van der Waals surface area contributed by atoms with Crippen LogP contribution >= 0.6 is 15.9 Å². The monoisotopic (exact) mass is 287 g/mol. The highest BCUT2D eigenvalue weighted by atomic mass is 79.9. The van der Waals surface area contributed by atoms with Crippen LogP contribution in [0.4, 0.5) is 0 Å². The van der Waals surface area contributed by atoms with E-state index in [-0.39, 0.29) is 0 Å². The van der Waals surface area contributed by atoms with Gasteiger partial charge >= 0.3 is 0 Å². The summed E-state index contributed by atoms with van der Waals surface area (Å²) in [6, 6.07) is 1.94. The van der Waals surface area contributed by atoms with E-state index in [1.165, 1.54) is 0 Å². The van der Waals surface area contributed by atoms with E-state index in [0.717, 1.165) is 33.5 Å². The Labute approximate surface area is 103 Å². The maximum atomic E-state index is 5.61. The molecule has 0 bridgehead atoms. The van der Waals surface area contributed by atoms with E-state index in [2.05, 4.69) is 20.8 Å². The van der Waals surface area contributed by atoms with E-state index in [4.69, 9.17) is 15.4 Å². The minimum absolute atomic E-state index is 0.485. The fraction of sp³-hybridized carbons (Fsp3) is 0.455. The van der Waals surface area contributed by atoms with Crippen molar-refractivity contribution in [2.24, 2.45) is 5.90 Å². The standard InChI is InChI=1S/C11H14BrNO3/c1-7-8(2-3-16-13)9(12)6-10-11(7)15-5-4-14-10/h6H,2-5,13H2,1H3. The first-order valence-electron chi connectivity index (χ1n) is 5.13. The molecule has 0 aromatic heterocycles. The van der Waals surface area contributed by atoms with Crippen molar-refractivity contribution in [3.8, 4) is 11.5 Å². The highest BCUT2D eigenvalue weighted by molar-refractivity contribution is 9.10. The lowest BCUT2D eigenvalue weighted by molar-refractivity contribution is 0.140. The Hall–Kier alpha value is -0.780. The fourth-order valence-electron chi connectivity index (χ4n) is 1.82. The number of halogens is 1. The molecule has 88 valence electrons. The van der Waals surface area contributed by atoms with Crippen LogP contribution in [0.1, 0.15) is 11.1 Å². The molecule has 0 unspecified atom stereocenters. The predicted molar refractivity (Wildman–Crippen MR) is 63.7 cm³/mol. The molecule has 0 saturated carbocycles. The molecule has 1 aliphatic rings. The van der Waals surface area contributed by atoms with Gasteiger partial charge in [0.15, 0.2) is 11.5 Å². The van der Waals surface area contributed by atoms with Crippen LogP contribution in [0.5, 0.6) is 11.5 Å². The Balaban J connectivity index is 2.37. The minimum Gasteiger partial charge on any atom is -0.486 e. The van der Waals surface area contributed by atoms with Crippen molar-refractivity contribution in [2.45, 2.75) is 13.3 Å². The van der Waals surface area contributed by atoms with Crippen molar-refractivity contribution < 1.29 is 14.3 Å². The molecule has 0 radical (unpaired) electrons. The van der Waals surface area contributed by atoms with E-state index < -0.39 is 0 Å². The van der Waals surface area contributed by atoms with E-state index in [9.17, 15) is 0 Å². The number of benzene rings is 1. The molecule has 0 saturated heterocycles. The maximum Gasteiger partial charge on any atom is 0.164 e. The van der Waals surface area contributed by atoms with Crippen LogP contribution in [0.15, 0.2) is 10.5 Å². The number of fused-ring (bicyclic) bond motifs is 1. The summed E-state index contributed by atoms with van der Waals surface area (Å²) in [4.78, 5) is 4.61. The quantitative estimate of drug-likeness (QED) is 0.864. The molecular formula is C11H14BrNO3. The fourth-order valence-corrected chi connectivity index (χ4v) is 2.52. The first kappa shape index (κ1) is 11.7. The molecule has 0 amide bonds. The van der Waals surface area contributed by atoms with Gasteiger partial charge in [0.2, 0.25) is 0 Å². The molecule has 2 N–H and O–H groups in total. The molecular weight excluding hydrogens is 274 g/mol. The molecule has 1 heterocycles. The Kier molecular flexibility index (Phi) is 3.68. The highest BCUT2D eigenvalue weighted by Crippen LogP contribution is 2.39. The summed E-state index contributed by atoms with van der Waals surface area (Å²) in [5.41, 5.74) is 2.23. The zero-order valence-electron chi connectivity index (χ0n) is 9.09. The van der Waals surface area contributed by atoms with Gasteiger partial charge in [0.25, 0.3) is 0 Å². The minimum atomic E-state index is 0.485. The number of hydrogen-bond donors (Lipinski definition) is 1. The Morgan fingerprint density at radius 3 is 2.94 bits per heavy atom. The number of nitrogens with two attached hydrogens (primary N) is 1. The summed E-state index contributed by atoms with van der Waals surface area (Å²) in [5, 5.41) is 0. The molecule has 1 aromatic carbocycles. The van der Waals surface area contributed by atoms with Gasteiger partial charge in [-0.2, -0.15) is 0 Å². The first-order valence-corrected chi connectivity index (χ1v) is 5.92. The lowest BCUT2D eigenvalue weighted by Crippen LogP contribution is -2.17. The number of rotatable bonds is 3. The average molecular weight is 288 g/mol. The molecule has 0 aliphatic carbocycles. The van der Waals surface area contributed by atoms with E-state index >= 15 is 0 Å². The van der Waals surface area contributed by atoms with E-state index in [1.54, 1.807) is 0 Å². The van der Waals surface area contributed by atoms with Crippen molar-refractivity contribution in [1.29, 1.82) is 0 Å². The summed E-state index contributed by atoms with van der Waals surface area (Å²) in [5.74, 6) is 6.68. The van der Waals surface area contributed by atoms with Crippen LogP contribution in [0.3, 0.4) is 0 Å². The van der Waals surface area contributed by atoms with Gasteiger partial charge in [-0.05, 0) is 30.5 Å². The number of hydrogen-bond acceptors (Lipinski definition) is 4. The molecule has 4 nitrogen and oxygen atoms in total. The van der Waals surface area contributed by atoms with Crippen molar-refractivity contribution in [1.82, 2.24) is 0 Å². The van der Waals surface area contributed by atoms with Gasteiger partial charge in [-0.25, -0.2) is 5.90 Å². The van der Waals surface area contributed by atoms with E-state index in [0.29, 0.717) is 19.8 Å². The van der Waals surface area contributed by atoms with Crippen LogP contribution in [-0.4, -0.2) is 19.8 Å². The predicted octanol–water partition coefficient (Wildman–Crippen LogP) is 1.96. The average Bonchev–Trinajstić information content (AvgIpc) is 2.29. The summed E-state index contributed by atoms with van der Waals surface area (Å²) < 4.78 is 12.2. The van der Waals surface area contributed by atoms with Crippen LogP contribution < -0.4 is 15.4 Å². The van der Waals surface area contributed by atoms with Gasteiger partial charge in [-0.1, -0.05) is 15.9 Å². The van der Waals surface area contributed by atoms with Crippen molar-refractivity contribution in [3.63, 3.8) is 0 Å². The normalized spacial score (nSPS) is 13.9.